The quantitative estimate of drug-likeness (QED) is 0.882. The number of hydrogen-bond acceptors (Lipinski definition) is 2. The van der Waals surface area contributed by atoms with E-state index in [-0.39, 0.29) is 6.61 Å². The molecule has 2 rings (SSSR count). The maximum absolute atomic E-state index is 9.30. The second-order valence-corrected chi connectivity index (χ2v) is 5.66. The van der Waals surface area contributed by atoms with Crippen LogP contribution in [0.5, 0.6) is 0 Å². The summed E-state index contributed by atoms with van der Waals surface area (Å²) in [6.07, 6.45) is 1.91. The van der Waals surface area contributed by atoms with Gasteiger partial charge in [-0.3, -0.25) is 0 Å². The van der Waals surface area contributed by atoms with Gasteiger partial charge in [-0.25, -0.2) is 0 Å². The molecule has 1 heterocycles. The molecule has 0 aliphatic carbocycles. The predicted octanol–water partition coefficient (Wildman–Crippen LogP) is 4.74. The van der Waals surface area contributed by atoms with Gasteiger partial charge in [0.05, 0.1) is 6.61 Å². The van der Waals surface area contributed by atoms with Crippen molar-refractivity contribution in [1.29, 1.82) is 0 Å². The number of furan rings is 1. The van der Waals surface area contributed by atoms with Gasteiger partial charge in [0.2, 0.25) is 0 Å². The first-order valence-electron chi connectivity index (χ1n) is 6.27. The molecule has 0 saturated heterocycles. The number of aliphatic hydroxyl groups excluding tert-OH is 1. The lowest BCUT2D eigenvalue weighted by Gasteiger charge is -2.06. The maximum Gasteiger partial charge on any atom is 0.134 e. The van der Waals surface area contributed by atoms with Gasteiger partial charge in [0.25, 0.3) is 0 Å². The normalized spacial score (nSPS) is 12.2. The van der Waals surface area contributed by atoms with Gasteiger partial charge in [-0.15, -0.1) is 0 Å². The van der Waals surface area contributed by atoms with Crippen LogP contribution in [0, 0.1) is 5.92 Å². The minimum absolute atomic E-state index is 0.0615. The van der Waals surface area contributed by atoms with E-state index in [1.165, 1.54) is 0 Å². The molecule has 0 atom stereocenters. The summed E-state index contributed by atoms with van der Waals surface area (Å²) in [6, 6.07) is 11.9. The standard InChI is InChI=1S/C16H17BrO2/c1-11(2)13(10-18)9-15-7-8-16(19-15)12-3-5-14(17)6-4-12/h3-9,11,18H,10H2,1-2H3. The molecule has 19 heavy (non-hydrogen) atoms. The van der Waals surface area contributed by atoms with Crippen molar-refractivity contribution < 1.29 is 9.52 Å². The molecule has 0 bridgehead atoms. The largest absolute Gasteiger partial charge is 0.457 e. The third-order valence-electron chi connectivity index (χ3n) is 3.01. The molecular weight excluding hydrogens is 304 g/mol. The molecule has 0 unspecified atom stereocenters. The van der Waals surface area contributed by atoms with Gasteiger partial charge in [0.1, 0.15) is 11.5 Å². The zero-order valence-electron chi connectivity index (χ0n) is 11.1. The zero-order chi connectivity index (χ0) is 13.8. The van der Waals surface area contributed by atoms with Crippen LogP contribution < -0.4 is 0 Å². The summed E-state index contributed by atoms with van der Waals surface area (Å²) in [5.74, 6) is 1.92. The Bertz CT molecular complexity index is 565. The number of aliphatic hydroxyl groups is 1. The minimum atomic E-state index is 0.0615. The smallest absolute Gasteiger partial charge is 0.134 e. The zero-order valence-corrected chi connectivity index (χ0v) is 12.6. The van der Waals surface area contributed by atoms with E-state index in [0.717, 1.165) is 27.1 Å². The van der Waals surface area contributed by atoms with E-state index in [1.807, 2.05) is 42.5 Å². The molecule has 1 N–H and O–H groups in total. The molecule has 0 spiro atoms. The minimum Gasteiger partial charge on any atom is -0.457 e. The van der Waals surface area contributed by atoms with E-state index >= 15 is 0 Å². The Labute approximate surface area is 121 Å². The average molecular weight is 321 g/mol. The van der Waals surface area contributed by atoms with Crippen LogP contribution in [0.25, 0.3) is 17.4 Å². The number of hydrogen-bond donors (Lipinski definition) is 1. The summed E-state index contributed by atoms with van der Waals surface area (Å²) in [4.78, 5) is 0. The van der Waals surface area contributed by atoms with Crippen LogP contribution in [-0.4, -0.2) is 11.7 Å². The van der Waals surface area contributed by atoms with E-state index in [2.05, 4.69) is 29.8 Å². The monoisotopic (exact) mass is 320 g/mol. The SMILES string of the molecule is CC(C)C(=Cc1ccc(-c2ccc(Br)cc2)o1)CO. The molecule has 3 heteroatoms. The highest BCUT2D eigenvalue weighted by molar-refractivity contribution is 9.10. The Morgan fingerprint density at radius 1 is 1.21 bits per heavy atom. The molecular formula is C16H17BrO2. The maximum atomic E-state index is 9.30. The second-order valence-electron chi connectivity index (χ2n) is 4.74. The summed E-state index contributed by atoms with van der Waals surface area (Å²) < 4.78 is 6.84. The molecule has 1 aromatic heterocycles. The Kier molecular flexibility index (Phi) is 4.61. The molecule has 100 valence electrons. The Morgan fingerprint density at radius 3 is 2.47 bits per heavy atom. The fourth-order valence-corrected chi connectivity index (χ4v) is 2.04. The van der Waals surface area contributed by atoms with Gasteiger partial charge in [0, 0.05) is 10.0 Å². The van der Waals surface area contributed by atoms with Crippen LogP contribution in [0.15, 0.2) is 50.9 Å². The molecule has 0 fully saturated rings. The summed E-state index contributed by atoms with van der Waals surface area (Å²) in [7, 11) is 0. The van der Waals surface area contributed by atoms with Gasteiger partial charge in [-0.05, 0) is 41.8 Å². The lowest BCUT2D eigenvalue weighted by molar-refractivity contribution is 0.320. The van der Waals surface area contributed by atoms with Gasteiger partial charge in [-0.1, -0.05) is 41.9 Å². The molecule has 0 amide bonds. The Hall–Kier alpha value is -1.32. The van der Waals surface area contributed by atoms with Gasteiger partial charge in [0.15, 0.2) is 0 Å². The van der Waals surface area contributed by atoms with E-state index in [0.29, 0.717) is 5.92 Å². The number of rotatable bonds is 4. The molecule has 2 nitrogen and oxygen atoms in total. The first kappa shape index (κ1) is 14.1. The van der Waals surface area contributed by atoms with Crippen LogP contribution >= 0.6 is 15.9 Å². The summed E-state index contributed by atoms with van der Waals surface area (Å²) in [5.41, 5.74) is 2.01. The van der Waals surface area contributed by atoms with Gasteiger partial charge in [-0.2, -0.15) is 0 Å². The fourth-order valence-electron chi connectivity index (χ4n) is 1.78. The molecule has 0 radical (unpaired) electrons. The Morgan fingerprint density at radius 2 is 1.89 bits per heavy atom. The van der Waals surface area contributed by atoms with Crippen molar-refractivity contribution in [2.75, 3.05) is 6.61 Å². The van der Waals surface area contributed by atoms with E-state index < -0.39 is 0 Å². The van der Waals surface area contributed by atoms with Crippen molar-refractivity contribution in [1.82, 2.24) is 0 Å². The van der Waals surface area contributed by atoms with E-state index in [9.17, 15) is 5.11 Å². The lowest BCUT2D eigenvalue weighted by atomic mass is 10.0. The molecule has 0 aliphatic rings. The van der Waals surface area contributed by atoms with Crippen LogP contribution in [0.2, 0.25) is 0 Å². The van der Waals surface area contributed by atoms with Crippen LogP contribution in [-0.2, 0) is 0 Å². The van der Waals surface area contributed by atoms with Crippen molar-refractivity contribution in [3.63, 3.8) is 0 Å². The second kappa shape index (κ2) is 6.22. The first-order chi connectivity index (χ1) is 9.10. The lowest BCUT2D eigenvalue weighted by Crippen LogP contribution is -1.98. The summed E-state index contributed by atoms with van der Waals surface area (Å²) >= 11 is 3.41. The average Bonchev–Trinajstić information content (AvgIpc) is 2.85. The van der Waals surface area contributed by atoms with Crippen molar-refractivity contribution in [2.24, 2.45) is 5.92 Å². The third kappa shape index (κ3) is 3.58. The third-order valence-corrected chi connectivity index (χ3v) is 3.54. The number of benzene rings is 1. The van der Waals surface area contributed by atoms with Crippen molar-refractivity contribution in [3.8, 4) is 11.3 Å². The summed E-state index contributed by atoms with van der Waals surface area (Å²) in [6.45, 7) is 4.17. The van der Waals surface area contributed by atoms with Crippen LogP contribution in [0.1, 0.15) is 19.6 Å². The van der Waals surface area contributed by atoms with Crippen molar-refractivity contribution >= 4 is 22.0 Å². The molecule has 2 aromatic rings. The van der Waals surface area contributed by atoms with Crippen molar-refractivity contribution in [3.05, 3.63) is 52.2 Å². The highest BCUT2D eigenvalue weighted by Gasteiger charge is 2.06. The van der Waals surface area contributed by atoms with E-state index in [4.69, 9.17) is 4.42 Å². The highest BCUT2D eigenvalue weighted by atomic mass is 79.9. The molecule has 0 aliphatic heterocycles. The van der Waals surface area contributed by atoms with Crippen LogP contribution in [0.3, 0.4) is 0 Å². The van der Waals surface area contributed by atoms with Crippen LogP contribution in [0.4, 0.5) is 0 Å². The molecule has 0 saturated carbocycles. The predicted molar refractivity (Wildman–Crippen MR) is 81.7 cm³/mol. The first-order valence-corrected chi connectivity index (χ1v) is 7.06. The highest BCUT2D eigenvalue weighted by Crippen LogP contribution is 2.25. The number of halogens is 1. The Balaban J connectivity index is 2.26. The van der Waals surface area contributed by atoms with Crippen molar-refractivity contribution in [2.45, 2.75) is 13.8 Å². The topological polar surface area (TPSA) is 33.4 Å². The van der Waals surface area contributed by atoms with Gasteiger partial charge < -0.3 is 9.52 Å². The molecule has 1 aromatic carbocycles. The van der Waals surface area contributed by atoms with Gasteiger partial charge >= 0.3 is 0 Å². The summed E-state index contributed by atoms with van der Waals surface area (Å²) in [5, 5.41) is 9.30. The van der Waals surface area contributed by atoms with E-state index in [1.54, 1.807) is 0 Å². The fraction of sp³-hybridized carbons (Fsp3) is 0.250.